The molecule has 0 saturated heterocycles. The standard InChI is InChI=1S/C13H18N4O2S/c1-3-6-16-7-5-11(18)17(13(16)19)9-10-8-15-12(20-10)14-4-2/h5,7-8H,3-4,6,9H2,1-2H3,(H,14,15). The Labute approximate surface area is 120 Å². The van der Waals surface area contributed by atoms with Crippen molar-refractivity contribution in [3.8, 4) is 0 Å². The van der Waals surface area contributed by atoms with Gasteiger partial charge in [-0.25, -0.2) is 9.78 Å². The predicted molar refractivity (Wildman–Crippen MR) is 80.6 cm³/mol. The summed E-state index contributed by atoms with van der Waals surface area (Å²) in [4.78, 5) is 29.1. The Morgan fingerprint density at radius 3 is 2.85 bits per heavy atom. The first-order valence-electron chi connectivity index (χ1n) is 6.64. The van der Waals surface area contributed by atoms with Crippen LogP contribution in [0.3, 0.4) is 0 Å². The lowest BCUT2D eigenvalue weighted by Crippen LogP contribution is -2.39. The highest BCUT2D eigenvalue weighted by atomic mass is 32.1. The molecule has 0 spiro atoms. The number of anilines is 1. The van der Waals surface area contributed by atoms with E-state index < -0.39 is 0 Å². The molecule has 0 radical (unpaired) electrons. The molecule has 7 heteroatoms. The van der Waals surface area contributed by atoms with Crippen LogP contribution in [-0.2, 0) is 13.1 Å². The van der Waals surface area contributed by atoms with Gasteiger partial charge in [-0.3, -0.25) is 9.36 Å². The second kappa shape index (κ2) is 6.51. The van der Waals surface area contributed by atoms with Gasteiger partial charge >= 0.3 is 5.69 Å². The molecule has 0 aromatic carbocycles. The third kappa shape index (κ3) is 3.16. The fourth-order valence-electron chi connectivity index (χ4n) is 1.88. The molecule has 0 aliphatic rings. The summed E-state index contributed by atoms with van der Waals surface area (Å²) < 4.78 is 2.81. The second-order valence-electron chi connectivity index (χ2n) is 4.38. The molecular formula is C13H18N4O2S. The summed E-state index contributed by atoms with van der Waals surface area (Å²) in [5, 5.41) is 3.92. The van der Waals surface area contributed by atoms with Crippen LogP contribution in [0.2, 0.25) is 0 Å². The monoisotopic (exact) mass is 294 g/mol. The van der Waals surface area contributed by atoms with Crippen LogP contribution in [0, 0.1) is 0 Å². The van der Waals surface area contributed by atoms with Gasteiger partial charge in [0.15, 0.2) is 5.13 Å². The molecule has 20 heavy (non-hydrogen) atoms. The van der Waals surface area contributed by atoms with Gasteiger partial charge in [0, 0.05) is 36.4 Å². The minimum atomic E-state index is -0.277. The lowest BCUT2D eigenvalue weighted by Gasteiger charge is -2.07. The van der Waals surface area contributed by atoms with Crippen molar-refractivity contribution in [3.05, 3.63) is 44.2 Å². The van der Waals surface area contributed by atoms with Crippen LogP contribution in [0.15, 0.2) is 28.0 Å². The van der Waals surface area contributed by atoms with Crippen LogP contribution in [0.5, 0.6) is 0 Å². The van der Waals surface area contributed by atoms with E-state index >= 15 is 0 Å². The molecule has 0 bridgehead atoms. The molecule has 2 rings (SSSR count). The predicted octanol–water partition coefficient (Wildman–Crippen LogP) is 1.36. The van der Waals surface area contributed by atoms with E-state index in [9.17, 15) is 9.59 Å². The average molecular weight is 294 g/mol. The molecule has 2 aromatic heterocycles. The number of thiazole rings is 1. The quantitative estimate of drug-likeness (QED) is 0.873. The number of hydrogen-bond donors (Lipinski definition) is 1. The lowest BCUT2D eigenvalue weighted by atomic mass is 10.4. The molecule has 0 fully saturated rings. The Balaban J connectivity index is 2.30. The van der Waals surface area contributed by atoms with E-state index in [0.717, 1.165) is 23.0 Å². The van der Waals surface area contributed by atoms with E-state index in [1.807, 2.05) is 13.8 Å². The van der Waals surface area contributed by atoms with Crippen molar-refractivity contribution in [2.75, 3.05) is 11.9 Å². The molecule has 6 nitrogen and oxygen atoms in total. The lowest BCUT2D eigenvalue weighted by molar-refractivity contribution is 0.572. The van der Waals surface area contributed by atoms with Gasteiger partial charge in [0.1, 0.15) is 0 Å². The minimum Gasteiger partial charge on any atom is -0.362 e. The summed E-state index contributed by atoms with van der Waals surface area (Å²) in [5.41, 5.74) is -0.543. The topological polar surface area (TPSA) is 68.9 Å². The smallest absolute Gasteiger partial charge is 0.331 e. The molecule has 108 valence electrons. The van der Waals surface area contributed by atoms with Crippen LogP contribution < -0.4 is 16.6 Å². The average Bonchev–Trinajstić information content (AvgIpc) is 2.86. The first kappa shape index (κ1) is 14.5. The molecule has 0 unspecified atom stereocenters. The van der Waals surface area contributed by atoms with E-state index in [2.05, 4.69) is 10.3 Å². The normalized spacial score (nSPS) is 10.7. The maximum absolute atomic E-state index is 12.2. The number of aromatic nitrogens is 3. The molecule has 2 aromatic rings. The van der Waals surface area contributed by atoms with Crippen molar-refractivity contribution in [1.29, 1.82) is 0 Å². The van der Waals surface area contributed by atoms with Gasteiger partial charge in [-0.1, -0.05) is 6.92 Å². The molecule has 0 amide bonds. The van der Waals surface area contributed by atoms with E-state index in [1.54, 1.807) is 17.0 Å². The molecule has 0 aliphatic carbocycles. The molecule has 1 N–H and O–H groups in total. The third-order valence-corrected chi connectivity index (χ3v) is 3.74. The second-order valence-corrected chi connectivity index (χ2v) is 5.49. The SMILES string of the molecule is CCCn1ccc(=O)n(Cc2cnc(NCC)s2)c1=O. The summed E-state index contributed by atoms with van der Waals surface area (Å²) in [6, 6.07) is 1.43. The molecular weight excluding hydrogens is 276 g/mol. The summed E-state index contributed by atoms with van der Waals surface area (Å²) in [6.45, 7) is 5.66. The van der Waals surface area contributed by atoms with Crippen LogP contribution in [0.1, 0.15) is 25.1 Å². The summed E-state index contributed by atoms with van der Waals surface area (Å²) in [5.74, 6) is 0. The van der Waals surface area contributed by atoms with E-state index in [-0.39, 0.29) is 17.8 Å². The zero-order valence-corrected chi connectivity index (χ0v) is 12.4. The first-order chi connectivity index (χ1) is 9.65. The number of nitrogens with one attached hydrogen (secondary N) is 1. The minimum absolute atomic E-state index is 0.266. The molecule has 0 saturated carbocycles. The van der Waals surface area contributed by atoms with E-state index in [4.69, 9.17) is 0 Å². The van der Waals surface area contributed by atoms with Crippen molar-refractivity contribution >= 4 is 16.5 Å². The van der Waals surface area contributed by atoms with Gasteiger partial charge in [0.25, 0.3) is 5.56 Å². The van der Waals surface area contributed by atoms with Crippen LogP contribution >= 0.6 is 11.3 Å². The summed E-state index contributed by atoms with van der Waals surface area (Å²) >= 11 is 1.46. The van der Waals surface area contributed by atoms with Crippen molar-refractivity contribution < 1.29 is 0 Å². The van der Waals surface area contributed by atoms with Gasteiger partial charge in [-0.2, -0.15) is 0 Å². The Kier molecular flexibility index (Phi) is 4.73. The van der Waals surface area contributed by atoms with Crippen LogP contribution in [-0.4, -0.2) is 20.7 Å². The van der Waals surface area contributed by atoms with E-state index in [0.29, 0.717) is 6.54 Å². The van der Waals surface area contributed by atoms with Crippen molar-refractivity contribution in [3.63, 3.8) is 0 Å². The van der Waals surface area contributed by atoms with Crippen LogP contribution in [0.25, 0.3) is 0 Å². The highest BCUT2D eigenvalue weighted by Gasteiger charge is 2.08. The number of rotatable bonds is 6. The van der Waals surface area contributed by atoms with Crippen molar-refractivity contribution in [1.82, 2.24) is 14.1 Å². The maximum atomic E-state index is 12.2. The van der Waals surface area contributed by atoms with Crippen molar-refractivity contribution in [2.45, 2.75) is 33.4 Å². The van der Waals surface area contributed by atoms with Crippen molar-refractivity contribution in [2.24, 2.45) is 0 Å². The Hall–Kier alpha value is -1.89. The third-order valence-electron chi connectivity index (χ3n) is 2.80. The van der Waals surface area contributed by atoms with Gasteiger partial charge in [-0.05, 0) is 13.3 Å². The maximum Gasteiger partial charge on any atom is 0.331 e. The molecule has 2 heterocycles. The number of hydrogen-bond acceptors (Lipinski definition) is 5. The first-order valence-corrected chi connectivity index (χ1v) is 7.46. The Morgan fingerprint density at radius 2 is 2.15 bits per heavy atom. The van der Waals surface area contributed by atoms with Gasteiger partial charge in [0.2, 0.25) is 0 Å². The summed E-state index contributed by atoms with van der Waals surface area (Å²) in [6.07, 6.45) is 4.11. The molecule has 0 aliphatic heterocycles. The zero-order chi connectivity index (χ0) is 14.5. The fraction of sp³-hybridized carbons (Fsp3) is 0.462. The number of aryl methyl sites for hydroxylation is 1. The summed E-state index contributed by atoms with van der Waals surface area (Å²) in [7, 11) is 0. The van der Waals surface area contributed by atoms with Gasteiger partial charge < -0.3 is 9.88 Å². The number of nitrogens with zero attached hydrogens (tertiary/aromatic N) is 3. The highest BCUT2D eigenvalue weighted by Crippen LogP contribution is 2.17. The Morgan fingerprint density at radius 1 is 1.35 bits per heavy atom. The zero-order valence-electron chi connectivity index (χ0n) is 11.6. The largest absolute Gasteiger partial charge is 0.362 e. The highest BCUT2D eigenvalue weighted by molar-refractivity contribution is 7.15. The fourth-order valence-corrected chi connectivity index (χ4v) is 2.75. The van der Waals surface area contributed by atoms with Gasteiger partial charge in [0.05, 0.1) is 6.54 Å². The Bertz CT molecular complexity index is 686. The van der Waals surface area contributed by atoms with Gasteiger partial charge in [-0.15, -0.1) is 11.3 Å². The molecule has 0 atom stereocenters. The van der Waals surface area contributed by atoms with Crippen LogP contribution in [0.4, 0.5) is 5.13 Å². The van der Waals surface area contributed by atoms with E-state index in [1.165, 1.54) is 22.0 Å².